The number of imidazole rings is 1. The average Bonchev–Trinajstić information content (AvgIpc) is 3.20. The lowest BCUT2D eigenvalue weighted by Gasteiger charge is -2.13. The molecule has 0 atom stereocenters. The molecule has 0 unspecified atom stereocenters. The summed E-state index contributed by atoms with van der Waals surface area (Å²) < 4.78 is 1.89. The lowest BCUT2D eigenvalue weighted by atomic mass is 10.0. The van der Waals surface area contributed by atoms with Crippen LogP contribution in [0.1, 0.15) is 29.9 Å². The van der Waals surface area contributed by atoms with E-state index in [1.165, 1.54) is 0 Å². The van der Waals surface area contributed by atoms with Crippen molar-refractivity contribution in [3.05, 3.63) is 95.3 Å². The van der Waals surface area contributed by atoms with Crippen LogP contribution in [0.5, 0.6) is 0 Å². The molecule has 4 aromatic rings. The molecule has 0 amide bonds. The number of benzene rings is 3. The Morgan fingerprint density at radius 1 is 0.968 bits per heavy atom. The molecule has 0 aliphatic heterocycles. The molecule has 31 heavy (non-hydrogen) atoms. The van der Waals surface area contributed by atoms with Crippen molar-refractivity contribution in [1.29, 1.82) is 0 Å². The average molecular weight is 433 g/mol. The molecular weight excluding hydrogens is 412 g/mol. The van der Waals surface area contributed by atoms with E-state index in [0.717, 1.165) is 22.4 Å². The highest BCUT2D eigenvalue weighted by Crippen LogP contribution is 2.32. The first-order valence-corrected chi connectivity index (χ1v) is 10.1. The Balaban J connectivity index is 1.79. The third-order valence-electron chi connectivity index (χ3n) is 5.04. The quantitative estimate of drug-likeness (QED) is 0.418. The minimum absolute atomic E-state index is 0.243. The van der Waals surface area contributed by atoms with Crippen molar-refractivity contribution < 1.29 is 15.0 Å². The molecule has 3 aromatic carbocycles. The third-order valence-corrected chi connectivity index (χ3v) is 5.37. The molecule has 0 bridgehead atoms. The fraction of sp³-hybridized carbons (Fsp3) is 0.120. The van der Waals surface area contributed by atoms with Crippen LogP contribution in [0.2, 0.25) is 5.02 Å². The Morgan fingerprint density at radius 3 is 2.32 bits per heavy atom. The number of rotatable bonds is 5. The van der Waals surface area contributed by atoms with Crippen LogP contribution in [-0.4, -0.2) is 25.7 Å². The van der Waals surface area contributed by atoms with Gasteiger partial charge < -0.3 is 10.2 Å². The number of carbonyl (C=O) groups is 1. The summed E-state index contributed by atoms with van der Waals surface area (Å²) in [4.78, 5) is 15.9. The lowest BCUT2D eigenvalue weighted by Crippen LogP contribution is -2.15. The van der Waals surface area contributed by atoms with E-state index in [1.807, 2.05) is 53.1 Å². The lowest BCUT2D eigenvalue weighted by molar-refractivity contribution is 0.0695. The van der Waals surface area contributed by atoms with Crippen molar-refractivity contribution in [2.45, 2.75) is 19.4 Å². The predicted octanol–water partition coefficient (Wildman–Crippen LogP) is 5.79. The van der Waals surface area contributed by atoms with Crippen LogP contribution >= 0.6 is 11.6 Å². The number of nitrogens with zero attached hydrogens (tertiary/aromatic N) is 2. The molecule has 1 aromatic heterocycles. The fourth-order valence-electron chi connectivity index (χ4n) is 3.35. The van der Waals surface area contributed by atoms with E-state index in [2.05, 4.69) is 4.98 Å². The SMILES string of the molecule is CC(C)(O)c1cn(-c2ccc(-c3cccc(C(=O)O)c3)cc2)c(-c2ccccc2Cl)n1. The Kier molecular flexibility index (Phi) is 5.39. The number of carboxylic acids is 1. The van der Waals surface area contributed by atoms with E-state index in [9.17, 15) is 15.0 Å². The monoisotopic (exact) mass is 432 g/mol. The number of halogens is 1. The molecule has 0 fully saturated rings. The number of hydrogen-bond donors (Lipinski definition) is 2. The van der Waals surface area contributed by atoms with Gasteiger partial charge in [-0.15, -0.1) is 0 Å². The van der Waals surface area contributed by atoms with E-state index < -0.39 is 11.6 Å². The summed E-state index contributed by atoms with van der Waals surface area (Å²) in [6, 6.07) is 22.0. The van der Waals surface area contributed by atoms with Gasteiger partial charge in [0.25, 0.3) is 0 Å². The maximum atomic E-state index is 11.3. The highest BCUT2D eigenvalue weighted by atomic mass is 35.5. The Labute approximate surface area is 185 Å². The topological polar surface area (TPSA) is 75.4 Å². The van der Waals surface area contributed by atoms with Crippen molar-refractivity contribution in [2.24, 2.45) is 0 Å². The van der Waals surface area contributed by atoms with Gasteiger partial charge in [-0.1, -0.05) is 48.0 Å². The summed E-state index contributed by atoms with van der Waals surface area (Å²) >= 11 is 6.42. The molecule has 1 heterocycles. The minimum Gasteiger partial charge on any atom is -0.478 e. The second-order valence-electron chi connectivity index (χ2n) is 7.79. The van der Waals surface area contributed by atoms with Gasteiger partial charge in [-0.3, -0.25) is 4.57 Å². The van der Waals surface area contributed by atoms with E-state index in [-0.39, 0.29) is 5.56 Å². The van der Waals surface area contributed by atoms with Crippen molar-refractivity contribution in [3.8, 4) is 28.2 Å². The summed E-state index contributed by atoms with van der Waals surface area (Å²) in [7, 11) is 0. The number of carboxylic acid groups (broad SMARTS) is 1. The summed E-state index contributed by atoms with van der Waals surface area (Å²) in [5.41, 5.74) is 2.98. The summed E-state index contributed by atoms with van der Waals surface area (Å²) in [6.45, 7) is 3.38. The van der Waals surface area contributed by atoms with Gasteiger partial charge in [0.1, 0.15) is 11.4 Å². The standard InChI is InChI=1S/C25H21ClN2O3/c1-25(2,31)22-15-28(23(27-22)20-8-3-4-9-21(20)26)19-12-10-16(11-13-19)17-6-5-7-18(14-17)24(29)30/h3-15,31H,1-2H3,(H,29,30). The molecule has 0 aliphatic carbocycles. The van der Waals surface area contributed by atoms with Gasteiger partial charge in [0, 0.05) is 17.4 Å². The predicted molar refractivity (Wildman–Crippen MR) is 122 cm³/mol. The number of aromatic carboxylic acids is 1. The molecule has 156 valence electrons. The molecule has 0 spiro atoms. The number of hydrogen-bond acceptors (Lipinski definition) is 3. The minimum atomic E-state index is -1.11. The molecular formula is C25H21ClN2O3. The van der Waals surface area contributed by atoms with Gasteiger partial charge in [-0.2, -0.15) is 0 Å². The van der Waals surface area contributed by atoms with Gasteiger partial charge in [-0.25, -0.2) is 9.78 Å². The summed E-state index contributed by atoms with van der Waals surface area (Å²) in [6.07, 6.45) is 1.80. The maximum Gasteiger partial charge on any atom is 0.335 e. The van der Waals surface area contributed by atoms with E-state index >= 15 is 0 Å². The van der Waals surface area contributed by atoms with Crippen LogP contribution in [0.15, 0.2) is 79.0 Å². The summed E-state index contributed by atoms with van der Waals surface area (Å²) in [5.74, 6) is -0.330. The maximum absolute atomic E-state index is 11.3. The zero-order valence-corrected chi connectivity index (χ0v) is 17.8. The van der Waals surface area contributed by atoms with Crippen LogP contribution in [-0.2, 0) is 5.60 Å². The molecule has 6 heteroatoms. The number of aliphatic hydroxyl groups is 1. The smallest absolute Gasteiger partial charge is 0.335 e. The van der Waals surface area contributed by atoms with Crippen LogP contribution in [0.3, 0.4) is 0 Å². The fourth-order valence-corrected chi connectivity index (χ4v) is 3.57. The van der Waals surface area contributed by atoms with Crippen LogP contribution < -0.4 is 0 Å². The van der Waals surface area contributed by atoms with Crippen molar-refractivity contribution in [2.75, 3.05) is 0 Å². The Bertz CT molecular complexity index is 1250. The normalized spacial score (nSPS) is 11.5. The zero-order chi connectivity index (χ0) is 22.2. The summed E-state index contributed by atoms with van der Waals surface area (Å²) in [5, 5.41) is 20.3. The molecule has 0 radical (unpaired) electrons. The third kappa shape index (κ3) is 4.24. The molecule has 0 aliphatic rings. The van der Waals surface area contributed by atoms with Gasteiger partial charge in [-0.05, 0) is 61.4 Å². The first-order chi connectivity index (χ1) is 14.7. The highest BCUT2D eigenvalue weighted by Gasteiger charge is 2.23. The first kappa shape index (κ1) is 20.8. The van der Waals surface area contributed by atoms with Crippen LogP contribution in [0, 0.1) is 0 Å². The highest BCUT2D eigenvalue weighted by molar-refractivity contribution is 6.33. The zero-order valence-electron chi connectivity index (χ0n) is 17.1. The van der Waals surface area contributed by atoms with Crippen molar-refractivity contribution in [1.82, 2.24) is 9.55 Å². The second kappa shape index (κ2) is 8.02. The first-order valence-electron chi connectivity index (χ1n) is 9.75. The molecule has 5 nitrogen and oxygen atoms in total. The van der Waals surface area contributed by atoms with E-state index in [4.69, 9.17) is 11.6 Å². The van der Waals surface area contributed by atoms with Gasteiger partial charge in [0.2, 0.25) is 0 Å². The Morgan fingerprint density at radius 2 is 1.68 bits per heavy atom. The second-order valence-corrected chi connectivity index (χ2v) is 8.20. The molecule has 0 saturated heterocycles. The molecule has 4 rings (SSSR count). The number of aromatic nitrogens is 2. The van der Waals surface area contributed by atoms with Crippen LogP contribution in [0.25, 0.3) is 28.2 Å². The van der Waals surface area contributed by atoms with Gasteiger partial charge in [0.05, 0.1) is 16.3 Å². The van der Waals surface area contributed by atoms with Crippen LogP contribution in [0.4, 0.5) is 0 Å². The largest absolute Gasteiger partial charge is 0.478 e. The van der Waals surface area contributed by atoms with Crippen molar-refractivity contribution in [3.63, 3.8) is 0 Å². The van der Waals surface area contributed by atoms with Gasteiger partial charge in [0.15, 0.2) is 0 Å². The Hall–Kier alpha value is -3.41. The molecule has 0 saturated carbocycles. The molecule has 2 N–H and O–H groups in total. The van der Waals surface area contributed by atoms with E-state index in [0.29, 0.717) is 16.5 Å². The van der Waals surface area contributed by atoms with Crippen molar-refractivity contribution >= 4 is 17.6 Å². The van der Waals surface area contributed by atoms with E-state index in [1.54, 1.807) is 44.3 Å². The van der Waals surface area contributed by atoms with Gasteiger partial charge >= 0.3 is 5.97 Å².